The topological polar surface area (TPSA) is 216 Å². The zero-order chi connectivity index (χ0) is 47.3. The van der Waals surface area contributed by atoms with E-state index in [4.69, 9.17) is 24.7 Å². The number of hydrogen-bond donors (Lipinski definition) is 5. The third-order valence-corrected chi connectivity index (χ3v) is 12.2. The molecule has 9 rings (SSSR count). The molecule has 7 aromatic rings. The predicted molar refractivity (Wildman–Crippen MR) is 259 cm³/mol. The van der Waals surface area contributed by atoms with Gasteiger partial charge in [-0.2, -0.15) is 14.5 Å². The maximum atomic E-state index is 13.0. The third kappa shape index (κ3) is 10.4. The number of anilines is 8. The number of carbonyl (C=O) groups is 1. The number of nitrogens with zero attached hydrogens (tertiary/aromatic N) is 9. The Morgan fingerprint density at radius 1 is 0.706 bits per heavy atom. The number of aryl methyl sites for hydroxylation is 1. The summed E-state index contributed by atoms with van der Waals surface area (Å²) in [5, 5.41) is 14.0. The van der Waals surface area contributed by atoms with Gasteiger partial charge in [0.2, 0.25) is 18.6 Å². The van der Waals surface area contributed by atoms with Crippen LogP contribution in [0, 0.1) is 6.92 Å². The van der Waals surface area contributed by atoms with Crippen LogP contribution >= 0.6 is 0 Å². The van der Waals surface area contributed by atoms with E-state index in [1.807, 2.05) is 73.3 Å². The van der Waals surface area contributed by atoms with Crippen molar-refractivity contribution in [3.63, 3.8) is 0 Å². The summed E-state index contributed by atoms with van der Waals surface area (Å²) in [5.74, 6) is 3.76. The second-order valence-corrected chi connectivity index (χ2v) is 17.2. The van der Waals surface area contributed by atoms with Crippen LogP contribution in [0.1, 0.15) is 41.7 Å². The first-order valence-corrected chi connectivity index (χ1v) is 22.3. The lowest BCUT2D eigenvalue weighted by molar-refractivity contribution is -0.717. The molecule has 350 valence electrons. The van der Waals surface area contributed by atoms with Crippen molar-refractivity contribution >= 4 is 63.1 Å². The van der Waals surface area contributed by atoms with E-state index < -0.39 is 5.91 Å². The van der Waals surface area contributed by atoms with Crippen LogP contribution in [0.5, 0.6) is 23.0 Å². The molecule has 19 heteroatoms. The summed E-state index contributed by atoms with van der Waals surface area (Å²) in [4.78, 5) is 44.4. The molecule has 0 atom stereocenters. The van der Waals surface area contributed by atoms with Crippen LogP contribution < -0.4 is 50.5 Å². The molecule has 2 saturated carbocycles. The van der Waals surface area contributed by atoms with Crippen LogP contribution in [0.25, 0.3) is 10.9 Å². The molecule has 0 spiro atoms. The van der Waals surface area contributed by atoms with E-state index in [1.165, 1.54) is 0 Å². The summed E-state index contributed by atoms with van der Waals surface area (Å²) in [5.41, 5.74) is 11.0. The molecule has 19 nitrogen and oxygen atoms in total. The number of amides is 1. The van der Waals surface area contributed by atoms with Gasteiger partial charge in [0.15, 0.2) is 29.2 Å². The van der Waals surface area contributed by atoms with Crippen LogP contribution in [0.4, 0.5) is 46.3 Å². The highest BCUT2D eigenvalue weighted by Crippen LogP contribution is 2.38. The molecule has 6 N–H and O–H groups in total. The van der Waals surface area contributed by atoms with Crippen molar-refractivity contribution in [3.8, 4) is 23.0 Å². The van der Waals surface area contributed by atoms with Gasteiger partial charge in [0.1, 0.15) is 29.5 Å². The van der Waals surface area contributed by atoms with Gasteiger partial charge in [0, 0.05) is 84.7 Å². The molecule has 0 radical (unpaired) electrons. The van der Waals surface area contributed by atoms with Crippen LogP contribution in [0.3, 0.4) is 0 Å². The number of aromatic nitrogens is 7. The molecule has 0 saturated heterocycles. The van der Waals surface area contributed by atoms with Gasteiger partial charge in [-0.05, 0) is 95.0 Å². The van der Waals surface area contributed by atoms with Crippen molar-refractivity contribution in [3.05, 3.63) is 115 Å². The van der Waals surface area contributed by atoms with E-state index in [0.717, 1.165) is 59.2 Å². The number of ether oxygens (including phenoxy) is 4. The Bertz CT molecular complexity index is 2930. The molecule has 1 amide bonds. The second-order valence-electron chi connectivity index (χ2n) is 17.2. The number of primary amides is 1. The maximum absolute atomic E-state index is 13.0. The van der Waals surface area contributed by atoms with Crippen molar-refractivity contribution in [2.45, 2.75) is 63.6 Å². The second kappa shape index (κ2) is 19.9. The number of benzene rings is 2. The number of carbonyl (C=O) groups excluding carboxylic acids is 1. The quantitative estimate of drug-likeness (QED) is 0.0523. The normalized spacial score (nSPS) is 17.5. The fraction of sp³-hybridized carbons (Fsp3) is 0.306. The SMILES string of the molecule is COc1cc(Nc2nccc(Nc3ccc[n+](CN(C)C4CC(Oc5ccc(Nc6nccc(Nc7cnc8c(C)cncc8c7)n6)cc5OC)C4)c3C(N)=O)n2)ccc1OC1CC(N(C)C)C1. The van der Waals surface area contributed by atoms with E-state index in [0.29, 0.717) is 70.6 Å². The average Bonchev–Trinajstić information content (AvgIpc) is 3.29. The van der Waals surface area contributed by atoms with Gasteiger partial charge in [-0.1, -0.05) is 0 Å². The average molecular weight is 920 g/mol. The van der Waals surface area contributed by atoms with Crippen LogP contribution in [0.2, 0.25) is 0 Å². The van der Waals surface area contributed by atoms with Crippen LogP contribution in [-0.2, 0) is 6.67 Å². The van der Waals surface area contributed by atoms with E-state index in [9.17, 15) is 4.79 Å². The van der Waals surface area contributed by atoms with E-state index in [-0.39, 0.29) is 18.2 Å². The number of nitrogens with two attached hydrogens (primary N) is 1. The molecule has 2 fully saturated rings. The molecular formula is C49H55N14O5+. The molecule has 5 heterocycles. The van der Waals surface area contributed by atoms with E-state index >= 15 is 0 Å². The van der Waals surface area contributed by atoms with E-state index in [1.54, 1.807) is 63.4 Å². The van der Waals surface area contributed by atoms with Crippen molar-refractivity contribution in [1.82, 2.24) is 39.7 Å². The summed E-state index contributed by atoms with van der Waals surface area (Å²) in [6.07, 6.45) is 14.1. The fourth-order valence-corrected chi connectivity index (χ4v) is 8.28. The molecule has 68 heavy (non-hydrogen) atoms. The van der Waals surface area contributed by atoms with Gasteiger partial charge in [-0.3, -0.25) is 14.8 Å². The van der Waals surface area contributed by atoms with Gasteiger partial charge >= 0.3 is 5.91 Å². The van der Waals surface area contributed by atoms with Crippen molar-refractivity contribution in [1.29, 1.82) is 0 Å². The summed E-state index contributed by atoms with van der Waals surface area (Å²) in [7, 11) is 9.43. The lowest BCUT2D eigenvalue weighted by atomic mass is 9.88. The number of fused-ring (bicyclic) bond motifs is 1. The van der Waals surface area contributed by atoms with Gasteiger partial charge in [-0.25, -0.2) is 14.9 Å². The molecule has 0 bridgehead atoms. The Kier molecular flexibility index (Phi) is 13.3. The number of nitrogens with one attached hydrogen (secondary N) is 4. The maximum Gasteiger partial charge on any atom is 0.315 e. The molecule has 5 aromatic heterocycles. The molecule has 2 aliphatic rings. The minimum Gasteiger partial charge on any atom is -0.493 e. The highest BCUT2D eigenvalue weighted by Gasteiger charge is 2.37. The minimum absolute atomic E-state index is 0.0318. The van der Waals surface area contributed by atoms with Crippen molar-refractivity contribution < 1.29 is 28.3 Å². The largest absolute Gasteiger partial charge is 0.493 e. The summed E-state index contributed by atoms with van der Waals surface area (Å²) in [6.45, 7) is 2.40. The van der Waals surface area contributed by atoms with Gasteiger partial charge in [0.05, 0.1) is 31.6 Å². The van der Waals surface area contributed by atoms with E-state index in [2.05, 4.69) is 75.1 Å². The van der Waals surface area contributed by atoms with Gasteiger partial charge in [0.25, 0.3) is 5.69 Å². The first-order valence-electron chi connectivity index (χ1n) is 22.3. The minimum atomic E-state index is -0.579. The molecular weight excluding hydrogens is 865 g/mol. The Labute approximate surface area is 394 Å². The lowest BCUT2D eigenvalue weighted by Gasteiger charge is -2.39. The van der Waals surface area contributed by atoms with Gasteiger partial charge < -0.3 is 50.8 Å². The molecule has 2 aromatic carbocycles. The zero-order valence-electron chi connectivity index (χ0n) is 38.8. The van der Waals surface area contributed by atoms with Gasteiger partial charge in [-0.15, -0.1) is 0 Å². The zero-order valence-corrected chi connectivity index (χ0v) is 38.8. The summed E-state index contributed by atoms with van der Waals surface area (Å²) < 4.78 is 25.9. The van der Waals surface area contributed by atoms with Crippen molar-refractivity contribution in [2.75, 3.05) is 56.6 Å². The third-order valence-electron chi connectivity index (χ3n) is 12.2. The number of rotatable bonds is 19. The Morgan fingerprint density at radius 2 is 1.31 bits per heavy atom. The highest BCUT2D eigenvalue weighted by atomic mass is 16.5. The van der Waals surface area contributed by atoms with Crippen LogP contribution in [0.15, 0.2) is 104 Å². The number of methoxy groups -OCH3 is 2. The lowest BCUT2D eigenvalue weighted by Crippen LogP contribution is -2.55. The smallest absolute Gasteiger partial charge is 0.315 e. The first kappa shape index (κ1) is 45.3. The highest BCUT2D eigenvalue weighted by molar-refractivity contribution is 5.95. The first-order chi connectivity index (χ1) is 33.0. The Hall–Kier alpha value is -7.90. The van der Waals surface area contributed by atoms with Crippen LogP contribution in [-0.4, -0.2) is 105 Å². The van der Waals surface area contributed by atoms with Crippen molar-refractivity contribution in [2.24, 2.45) is 5.73 Å². The summed E-state index contributed by atoms with van der Waals surface area (Å²) in [6, 6.07) is 21.2. The molecule has 0 aliphatic heterocycles. The number of pyridine rings is 3. The molecule has 0 unspecified atom stereocenters. The standard InChI is InChI=1S/C49H54N14O5/c1-29-25-51-26-30-18-33(27-54-45(29)30)55-43-13-15-52-48(59-43)56-31-10-12-40(42(19-31)66-6)68-37-23-35(24-37)62(4)28-63-17-7-8-38(46(63)47(50)64)58-44-14-16-53-49(60-44)57-32-9-11-39(41(20-32)65-5)67-36-21-34(22-36)61(2)3/h7-20,25-27,34-37H,21-24,28H2,1-6H3,(H5-,50,52,53,55,56,57,58,59,60,64)/p+1. The Balaban J connectivity index is 0.783. The summed E-state index contributed by atoms with van der Waals surface area (Å²) >= 11 is 0. The Morgan fingerprint density at radius 3 is 1.90 bits per heavy atom. The number of hydrogen-bond acceptors (Lipinski definition) is 17. The molecule has 2 aliphatic carbocycles. The predicted octanol–water partition coefficient (Wildman–Crippen LogP) is 6.87. The fourth-order valence-electron chi connectivity index (χ4n) is 8.28. The monoisotopic (exact) mass is 919 g/mol.